The van der Waals surface area contributed by atoms with E-state index < -0.39 is 30.9 Å². The lowest BCUT2D eigenvalue weighted by molar-refractivity contribution is 0.108. The summed E-state index contributed by atoms with van der Waals surface area (Å²) in [5.74, 6) is 0. The quantitative estimate of drug-likeness (QED) is 0.612. The number of carbonyl (C=O) groups is 1. The van der Waals surface area contributed by atoms with Gasteiger partial charge >= 0.3 is 0 Å². The monoisotopic (exact) mass is 349 g/mol. The Morgan fingerprint density at radius 3 is 2.29 bits per heavy atom. The molecule has 1 unspecified atom stereocenters. The lowest BCUT2D eigenvalue weighted by atomic mass is 9.78. The second-order valence-corrected chi connectivity index (χ2v) is 8.87. The van der Waals surface area contributed by atoms with Gasteiger partial charge in [0, 0.05) is 11.8 Å². The molecule has 0 spiro atoms. The van der Waals surface area contributed by atoms with Crippen LogP contribution in [0.4, 0.5) is 0 Å². The summed E-state index contributed by atoms with van der Waals surface area (Å²) >= 11 is 3.02. The molecule has 1 aliphatic rings. The molecule has 0 aliphatic heterocycles. The molecule has 1 aliphatic carbocycles. The van der Waals surface area contributed by atoms with Gasteiger partial charge in [-0.2, -0.15) is 0 Å². The van der Waals surface area contributed by atoms with Crippen LogP contribution < -0.4 is 0 Å². The average Bonchev–Trinajstić information content (AvgIpc) is 2.24. The summed E-state index contributed by atoms with van der Waals surface area (Å²) in [6, 6.07) is 2.64. The highest BCUT2D eigenvalue weighted by Gasteiger charge is 2.43. The number of hydrogen-bond acceptors (Lipinski definition) is 5. The second-order valence-electron chi connectivity index (χ2n) is 5.29. The molecule has 1 fully saturated rings. The minimum atomic E-state index is -3.68. The summed E-state index contributed by atoms with van der Waals surface area (Å²) in [4.78, 5) is 11.2. The van der Waals surface area contributed by atoms with Crippen molar-refractivity contribution in [2.75, 3.05) is 6.26 Å². The third-order valence-corrected chi connectivity index (χ3v) is 6.52. The molecule has 0 heterocycles. The highest BCUT2D eigenvalue weighted by atomic mass is 35.5. The summed E-state index contributed by atoms with van der Waals surface area (Å²) in [5, 5.41) is -0.769. The van der Waals surface area contributed by atoms with E-state index in [0.717, 1.165) is 6.26 Å². The van der Waals surface area contributed by atoms with Gasteiger partial charge in [-0.25, -0.2) is 8.42 Å². The van der Waals surface area contributed by atoms with E-state index in [1.54, 1.807) is 6.92 Å². The molecule has 0 aromatic heterocycles. The molecular formula is C13H14ClO5S2-. The molecule has 0 amide bonds. The van der Waals surface area contributed by atoms with Crippen LogP contribution in [-0.4, -0.2) is 28.7 Å². The molecule has 0 saturated heterocycles. The van der Waals surface area contributed by atoms with Crippen molar-refractivity contribution < 1.29 is 22.0 Å². The van der Waals surface area contributed by atoms with Gasteiger partial charge in [-0.05, 0) is 66.1 Å². The van der Waals surface area contributed by atoms with Gasteiger partial charge in [0.2, 0.25) is 0 Å². The zero-order chi connectivity index (χ0) is 16.0. The van der Waals surface area contributed by atoms with Gasteiger partial charge in [-0.15, -0.1) is 0 Å². The smallest absolute Gasteiger partial charge is 0.252 e. The van der Waals surface area contributed by atoms with Gasteiger partial charge in [0.05, 0.1) is 9.64 Å². The van der Waals surface area contributed by atoms with E-state index in [0.29, 0.717) is 24.8 Å². The number of halogens is 1. The highest BCUT2D eigenvalue weighted by Crippen LogP contribution is 2.48. The molecule has 1 atom stereocenters. The van der Waals surface area contributed by atoms with Gasteiger partial charge in [-0.3, -0.25) is 9.00 Å². The number of hydrogen-bond donors (Lipinski definition) is 0. The SMILES string of the molecule is Cc1cc(C2(S(=O)[O-])CCC2)c(S(C)(=O)=O)cc1C(=O)Cl. The Morgan fingerprint density at radius 1 is 1.38 bits per heavy atom. The lowest BCUT2D eigenvalue weighted by Gasteiger charge is -2.44. The van der Waals surface area contributed by atoms with Crippen molar-refractivity contribution in [3.8, 4) is 0 Å². The van der Waals surface area contributed by atoms with Crippen LogP contribution in [0.3, 0.4) is 0 Å². The zero-order valence-electron chi connectivity index (χ0n) is 11.5. The molecule has 8 heteroatoms. The summed E-state index contributed by atoms with van der Waals surface area (Å²) in [5.41, 5.74) is 0.782. The van der Waals surface area contributed by atoms with Gasteiger partial charge in [0.25, 0.3) is 5.24 Å². The summed E-state index contributed by atoms with van der Waals surface area (Å²) < 4.78 is 46.1. The number of benzene rings is 1. The third kappa shape index (κ3) is 2.79. The maximum Gasteiger partial charge on any atom is 0.252 e. The first kappa shape index (κ1) is 16.6. The van der Waals surface area contributed by atoms with Gasteiger partial charge in [0.15, 0.2) is 9.84 Å². The first-order chi connectivity index (χ1) is 9.59. The van der Waals surface area contributed by atoms with E-state index >= 15 is 0 Å². The van der Waals surface area contributed by atoms with E-state index in [1.807, 2.05) is 0 Å². The zero-order valence-corrected chi connectivity index (χ0v) is 13.9. The Hall–Kier alpha value is -0.760. The van der Waals surface area contributed by atoms with E-state index in [-0.39, 0.29) is 16.0 Å². The Balaban J connectivity index is 2.80. The lowest BCUT2D eigenvalue weighted by Crippen LogP contribution is -2.40. The first-order valence-electron chi connectivity index (χ1n) is 6.24. The highest BCUT2D eigenvalue weighted by molar-refractivity contribution is 7.90. The van der Waals surface area contributed by atoms with Crippen LogP contribution in [-0.2, 0) is 25.7 Å². The third-order valence-electron chi connectivity index (χ3n) is 3.91. The minimum absolute atomic E-state index is 0.0759. The fourth-order valence-electron chi connectivity index (χ4n) is 2.59. The summed E-state index contributed by atoms with van der Waals surface area (Å²) in [7, 11) is -3.68. The van der Waals surface area contributed by atoms with Gasteiger partial charge in [0.1, 0.15) is 0 Å². The van der Waals surface area contributed by atoms with Crippen LogP contribution in [0.5, 0.6) is 0 Å². The predicted molar refractivity (Wildman–Crippen MR) is 78.9 cm³/mol. The Labute approximate surface area is 130 Å². The standard InChI is InChI=1S/C13H15ClO5S2/c1-8-6-10(13(20(16)17)4-3-5-13)11(21(2,18)19)7-9(8)12(14)15/h6-7H,3-5H2,1-2H3,(H,16,17)/p-1. The van der Waals surface area contributed by atoms with E-state index in [1.165, 1.54) is 12.1 Å². The Kier molecular flexibility index (Phi) is 4.32. The first-order valence-corrected chi connectivity index (χ1v) is 9.58. The average molecular weight is 350 g/mol. The molecule has 1 aromatic carbocycles. The van der Waals surface area contributed by atoms with Crippen molar-refractivity contribution in [2.45, 2.75) is 35.8 Å². The molecule has 2 rings (SSSR count). The van der Waals surface area contributed by atoms with Crippen molar-refractivity contribution in [3.63, 3.8) is 0 Å². The van der Waals surface area contributed by atoms with Crippen molar-refractivity contribution >= 4 is 37.8 Å². The molecular weight excluding hydrogens is 336 g/mol. The topological polar surface area (TPSA) is 91.3 Å². The molecule has 1 saturated carbocycles. The molecule has 1 aromatic rings. The summed E-state index contributed by atoms with van der Waals surface area (Å²) in [6.45, 7) is 1.60. The van der Waals surface area contributed by atoms with Crippen LogP contribution in [0.25, 0.3) is 0 Å². The molecule has 5 nitrogen and oxygen atoms in total. The van der Waals surface area contributed by atoms with Gasteiger partial charge in [-0.1, -0.05) is 6.07 Å². The van der Waals surface area contributed by atoms with E-state index in [4.69, 9.17) is 11.6 Å². The number of carbonyl (C=O) groups excluding carboxylic acids is 1. The fourth-order valence-corrected chi connectivity index (χ4v) is 4.81. The molecule has 0 bridgehead atoms. The van der Waals surface area contributed by atoms with Crippen molar-refractivity contribution in [3.05, 3.63) is 28.8 Å². The molecule has 116 valence electrons. The predicted octanol–water partition coefficient (Wildman–Crippen LogP) is 2.04. The minimum Gasteiger partial charge on any atom is -0.772 e. The number of aryl methyl sites for hydroxylation is 1. The number of rotatable bonds is 4. The van der Waals surface area contributed by atoms with Crippen molar-refractivity contribution in [2.24, 2.45) is 0 Å². The Morgan fingerprint density at radius 2 is 1.95 bits per heavy atom. The van der Waals surface area contributed by atoms with Crippen LogP contribution in [0, 0.1) is 6.92 Å². The fraction of sp³-hybridized carbons (Fsp3) is 0.462. The van der Waals surface area contributed by atoms with E-state index in [2.05, 4.69) is 0 Å². The van der Waals surface area contributed by atoms with Crippen LogP contribution in [0.2, 0.25) is 0 Å². The normalized spacial score (nSPS) is 18.9. The van der Waals surface area contributed by atoms with Crippen LogP contribution in [0.15, 0.2) is 17.0 Å². The molecule has 21 heavy (non-hydrogen) atoms. The van der Waals surface area contributed by atoms with Crippen molar-refractivity contribution in [1.29, 1.82) is 0 Å². The summed E-state index contributed by atoms with van der Waals surface area (Å²) in [6.07, 6.45) is 2.45. The molecule has 0 radical (unpaired) electrons. The maximum atomic E-state index is 12.0. The largest absolute Gasteiger partial charge is 0.772 e. The second kappa shape index (κ2) is 5.46. The van der Waals surface area contributed by atoms with Crippen molar-refractivity contribution in [1.82, 2.24) is 0 Å². The number of sulfone groups is 1. The Bertz CT molecular complexity index is 735. The van der Waals surface area contributed by atoms with E-state index in [9.17, 15) is 22.0 Å². The maximum absolute atomic E-state index is 12.0. The van der Waals surface area contributed by atoms with Gasteiger partial charge < -0.3 is 4.55 Å². The molecule has 0 N–H and O–H groups in total. The van der Waals surface area contributed by atoms with Crippen LogP contribution >= 0.6 is 11.6 Å². The van der Waals surface area contributed by atoms with Crippen LogP contribution in [0.1, 0.15) is 40.7 Å².